The van der Waals surface area contributed by atoms with Gasteiger partial charge in [0, 0.05) is 12.1 Å². The standard InChI is InChI=1S/C9H11ClN2O4S/c10-7-5-8(13)12(9(14)11-7)6-1-3-17(15,16)4-2-6/h5-6H,1-4H2,(H,11,14). The molecule has 0 radical (unpaired) electrons. The number of aromatic nitrogens is 2. The molecule has 94 valence electrons. The predicted octanol–water partition coefficient (Wildman–Crippen LogP) is -0.0603. The number of nitrogens with zero attached hydrogens (tertiary/aromatic N) is 1. The van der Waals surface area contributed by atoms with Crippen LogP contribution in [0.3, 0.4) is 0 Å². The van der Waals surface area contributed by atoms with Crippen LogP contribution in [0.5, 0.6) is 0 Å². The highest BCUT2D eigenvalue weighted by Gasteiger charge is 2.26. The Hall–Kier alpha value is -1.08. The summed E-state index contributed by atoms with van der Waals surface area (Å²) in [7, 11) is -3.01. The maximum atomic E-state index is 11.6. The lowest BCUT2D eigenvalue weighted by atomic mass is 10.1. The molecule has 1 aliphatic rings. The van der Waals surface area contributed by atoms with E-state index in [2.05, 4.69) is 4.98 Å². The van der Waals surface area contributed by atoms with Crippen molar-refractivity contribution >= 4 is 21.4 Å². The minimum absolute atomic E-state index is 0.00612. The zero-order valence-electron chi connectivity index (χ0n) is 8.85. The van der Waals surface area contributed by atoms with E-state index < -0.39 is 21.1 Å². The molecule has 1 aliphatic heterocycles. The predicted molar refractivity (Wildman–Crippen MR) is 63.3 cm³/mol. The van der Waals surface area contributed by atoms with Gasteiger partial charge >= 0.3 is 5.69 Å². The van der Waals surface area contributed by atoms with Crippen LogP contribution < -0.4 is 11.2 Å². The number of H-pyrrole nitrogens is 1. The number of halogens is 1. The molecule has 0 aromatic carbocycles. The van der Waals surface area contributed by atoms with E-state index in [1.807, 2.05) is 0 Å². The number of sulfone groups is 1. The van der Waals surface area contributed by atoms with E-state index in [-0.39, 0.29) is 35.5 Å². The molecule has 0 spiro atoms. The zero-order chi connectivity index (χ0) is 12.6. The molecule has 1 saturated heterocycles. The largest absolute Gasteiger partial charge is 0.329 e. The molecule has 0 amide bonds. The summed E-state index contributed by atoms with van der Waals surface area (Å²) in [6, 6.07) is 0.749. The topological polar surface area (TPSA) is 89.0 Å². The fourth-order valence-corrected chi connectivity index (χ4v) is 3.60. The second kappa shape index (κ2) is 4.30. The number of nitrogens with one attached hydrogen (secondary N) is 1. The zero-order valence-corrected chi connectivity index (χ0v) is 10.4. The van der Waals surface area contributed by atoms with Crippen molar-refractivity contribution in [3.63, 3.8) is 0 Å². The van der Waals surface area contributed by atoms with Gasteiger partial charge in [-0.2, -0.15) is 0 Å². The van der Waals surface area contributed by atoms with Crippen LogP contribution in [0.15, 0.2) is 15.7 Å². The third-order valence-electron chi connectivity index (χ3n) is 2.82. The molecule has 2 rings (SSSR count). The lowest BCUT2D eigenvalue weighted by Gasteiger charge is -2.22. The Morgan fingerprint density at radius 1 is 1.29 bits per heavy atom. The van der Waals surface area contributed by atoms with Crippen LogP contribution >= 0.6 is 11.6 Å². The molecule has 1 N–H and O–H groups in total. The summed E-state index contributed by atoms with van der Waals surface area (Å²) in [5.74, 6) is 0.0122. The van der Waals surface area contributed by atoms with Crippen molar-refractivity contribution in [2.75, 3.05) is 11.5 Å². The summed E-state index contributed by atoms with van der Waals surface area (Å²) < 4.78 is 23.6. The maximum absolute atomic E-state index is 11.6. The first-order chi connectivity index (χ1) is 7.89. The minimum Gasteiger partial charge on any atom is -0.298 e. The van der Waals surface area contributed by atoms with E-state index in [0.29, 0.717) is 0 Å². The minimum atomic E-state index is -3.01. The van der Waals surface area contributed by atoms with E-state index in [1.54, 1.807) is 0 Å². The molecule has 6 nitrogen and oxygen atoms in total. The Labute approximate surface area is 102 Å². The van der Waals surface area contributed by atoms with Crippen LogP contribution in [0, 0.1) is 0 Å². The van der Waals surface area contributed by atoms with E-state index in [1.165, 1.54) is 0 Å². The van der Waals surface area contributed by atoms with Gasteiger partial charge in [0.25, 0.3) is 5.56 Å². The molecule has 0 unspecified atom stereocenters. The lowest BCUT2D eigenvalue weighted by molar-refractivity contribution is 0.423. The Morgan fingerprint density at radius 3 is 2.41 bits per heavy atom. The number of aromatic amines is 1. The van der Waals surface area contributed by atoms with Gasteiger partial charge in [0.15, 0.2) is 0 Å². The van der Waals surface area contributed by atoms with Crippen LogP contribution in [0.1, 0.15) is 18.9 Å². The fraction of sp³-hybridized carbons (Fsp3) is 0.556. The highest BCUT2D eigenvalue weighted by molar-refractivity contribution is 7.91. The van der Waals surface area contributed by atoms with E-state index >= 15 is 0 Å². The van der Waals surface area contributed by atoms with Crippen LogP contribution in [0.4, 0.5) is 0 Å². The lowest BCUT2D eigenvalue weighted by Crippen LogP contribution is -2.40. The summed E-state index contributed by atoms with van der Waals surface area (Å²) in [6.45, 7) is 0. The van der Waals surface area contributed by atoms with Gasteiger partial charge in [0.2, 0.25) is 0 Å². The Balaban J connectivity index is 2.37. The third-order valence-corrected chi connectivity index (χ3v) is 4.74. The molecule has 0 bridgehead atoms. The van der Waals surface area contributed by atoms with Gasteiger partial charge in [-0.25, -0.2) is 13.2 Å². The van der Waals surface area contributed by atoms with Crippen molar-refractivity contribution in [1.82, 2.24) is 9.55 Å². The molecular formula is C9H11ClN2O4S. The SMILES string of the molecule is O=c1cc(Cl)[nH]c(=O)n1C1CCS(=O)(=O)CC1. The summed E-state index contributed by atoms with van der Waals surface area (Å²) in [5.41, 5.74) is -1.09. The molecule has 8 heteroatoms. The first-order valence-electron chi connectivity index (χ1n) is 5.11. The van der Waals surface area contributed by atoms with Crippen molar-refractivity contribution in [3.05, 3.63) is 32.1 Å². The van der Waals surface area contributed by atoms with Crippen LogP contribution in [-0.2, 0) is 9.84 Å². The van der Waals surface area contributed by atoms with E-state index in [9.17, 15) is 18.0 Å². The van der Waals surface area contributed by atoms with Crippen molar-refractivity contribution in [1.29, 1.82) is 0 Å². The Morgan fingerprint density at radius 2 is 1.88 bits per heavy atom. The molecule has 0 aliphatic carbocycles. The molecule has 0 atom stereocenters. The highest BCUT2D eigenvalue weighted by atomic mass is 35.5. The maximum Gasteiger partial charge on any atom is 0.329 e. The molecule has 1 aromatic rings. The van der Waals surface area contributed by atoms with Gasteiger partial charge in [0.05, 0.1) is 11.5 Å². The summed E-state index contributed by atoms with van der Waals surface area (Å²) in [6.07, 6.45) is 0.569. The van der Waals surface area contributed by atoms with Crippen LogP contribution in [0.2, 0.25) is 5.15 Å². The van der Waals surface area contributed by atoms with Gasteiger partial charge in [-0.05, 0) is 12.8 Å². The number of hydrogen-bond donors (Lipinski definition) is 1. The Bertz CT molecular complexity index is 600. The van der Waals surface area contributed by atoms with Gasteiger partial charge in [-0.1, -0.05) is 11.6 Å². The number of hydrogen-bond acceptors (Lipinski definition) is 4. The molecule has 0 saturated carbocycles. The normalized spacial score (nSPS) is 20.3. The fourth-order valence-electron chi connectivity index (χ4n) is 1.96. The molecule has 1 aromatic heterocycles. The van der Waals surface area contributed by atoms with Gasteiger partial charge in [-0.3, -0.25) is 14.3 Å². The first-order valence-corrected chi connectivity index (χ1v) is 7.31. The quantitative estimate of drug-likeness (QED) is 0.729. The summed E-state index contributed by atoms with van der Waals surface area (Å²) in [5, 5.41) is -0.0142. The van der Waals surface area contributed by atoms with Gasteiger partial charge in [0.1, 0.15) is 15.0 Å². The van der Waals surface area contributed by atoms with Gasteiger partial charge in [-0.15, -0.1) is 0 Å². The molecule has 2 heterocycles. The third kappa shape index (κ3) is 2.61. The van der Waals surface area contributed by atoms with Crippen molar-refractivity contribution < 1.29 is 8.42 Å². The second-order valence-corrected chi connectivity index (χ2v) is 6.72. The molecule has 17 heavy (non-hydrogen) atoms. The summed E-state index contributed by atoms with van der Waals surface area (Å²) >= 11 is 5.54. The first kappa shape index (κ1) is 12.4. The number of rotatable bonds is 1. The second-order valence-electron chi connectivity index (χ2n) is 4.01. The smallest absolute Gasteiger partial charge is 0.298 e. The Kier molecular flexibility index (Phi) is 3.13. The van der Waals surface area contributed by atoms with Crippen molar-refractivity contribution in [2.45, 2.75) is 18.9 Å². The molecular weight excluding hydrogens is 268 g/mol. The van der Waals surface area contributed by atoms with E-state index in [4.69, 9.17) is 11.6 Å². The van der Waals surface area contributed by atoms with Crippen LogP contribution in [0.25, 0.3) is 0 Å². The van der Waals surface area contributed by atoms with Crippen LogP contribution in [-0.4, -0.2) is 29.5 Å². The highest BCUT2D eigenvalue weighted by Crippen LogP contribution is 2.21. The van der Waals surface area contributed by atoms with E-state index in [0.717, 1.165) is 10.6 Å². The monoisotopic (exact) mass is 278 g/mol. The average Bonchev–Trinajstić information content (AvgIpc) is 2.19. The van der Waals surface area contributed by atoms with Crippen molar-refractivity contribution in [3.8, 4) is 0 Å². The molecule has 1 fully saturated rings. The van der Waals surface area contributed by atoms with Crippen molar-refractivity contribution in [2.24, 2.45) is 0 Å². The summed E-state index contributed by atoms with van der Waals surface area (Å²) in [4.78, 5) is 25.5. The van der Waals surface area contributed by atoms with Gasteiger partial charge < -0.3 is 0 Å². The average molecular weight is 279 g/mol.